The lowest BCUT2D eigenvalue weighted by Gasteiger charge is -2.36. The van der Waals surface area contributed by atoms with E-state index in [1.807, 2.05) is 13.8 Å². The number of amides is 1. The molecule has 0 bridgehead atoms. The van der Waals surface area contributed by atoms with Crippen molar-refractivity contribution in [3.63, 3.8) is 0 Å². The molecule has 0 N–H and O–H groups in total. The van der Waals surface area contributed by atoms with Crippen molar-refractivity contribution >= 4 is 31.6 Å². The van der Waals surface area contributed by atoms with Crippen molar-refractivity contribution in [2.45, 2.75) is 44.4 Å². The number of anilines is 1. The maximum atomic E-state index is 13.2. The summed E-state index contributed by atoms with van der Waals surface area (Å²) >= 11 is 0. The number of aryl methyl sites for hydroxylation is 1. The summed E-state index contributed by atoms with van der Waals surface area (Å²) in [5.41, 5.74) is 1.65. The summed E-state index contributed by atoms with van der Waals surface area (Å²) in [5.74, 6) is -0.212. The van der Waals surface area contributed by atoms with E-state index in [-0.39, 0.29) is 16.7 Å². The van der Waals surface area contributed by atoms with Crippen molar-refractivity contribution in [3.8, 4) is 0 Å². The molecule has 2 aliphatic rings. The molecule has 168 valence electrons. The number of hydrogen-bond donors (Lipinski definition) is 0. The smallest absolute Gasteiger partial charge is 0.243 e. The maximum absolute atomic E-state index is 13.2. The van der Waals surface area contributed by atoms with Gasteiger partial charge in [0.2, 0.25) is 26.0 Å². The van der Waals surface area contributed by atoms with Crippen molar-refractivity contribution in [2.24, 2.45) is 5.92 Å². The molecule has 1 saturated heterocycles. The molecule has 0 saturated carbocycles. The van der Waals surface area contributed by atoms with Crippen LogP contribution >= 0.6 is 0 Å². The molecule has 8 nitrogen and oxygen atoms in total. The second kappa shape index (κ2) is 8.94. The number of benzene rings is 1. The summed E-state index contributed by atoms with van der Waals surface area (Å²) in [6.45, 7) is 5.76. The highest BCUT2D eigenvalue weighted by atomic mass is 32.2. The molecular weight excluding hydrogens is 426 g/mol. The van der Waals surface area contributed by atoms with E-state index < -0.39 is 20.0 Å². The number of sulfonamides is 2. The third-order valence-corrected chi connectivity index (χ3v) is 9.40. The third kappa shape index (κ3) is 4.56. The van der Waals surface area contributed by atoms with Crippen molar-refractivity contribution in [1.29, 1.82) is 0 Å². The Hall–Kier alpha value is -1.49. The summed E-state index contributed by atoms with van der Waals surface area (Å²) in [6.07, 6.45) is 3.71. The molecular formula is C20H31N3O5S2. The molecule has 2 aliphatic heterocycles. The van der Waals surface area contributed by atoms with E-state index in [4.69, 9.17) is 0 Å². The Morgan fingerprint density at radius 1 is 1.07 bits per heavy atom. The number of carbonyl (C=O) groups is 1. The summed E-state index contributed by atoms with van der Waals surface area (Å²) in [7, 11) is -6.78. The number of fused-ring (bicyclic) bond motifs is 1. The molecule has 0 atom stereocenters. The molecule has 10 heteroatoms. The number of rotatable bonds is 6. The molecule has 3 rings (SSSR count). The molecule has 1 aromatic rings. The average Bonchev–Trinajstić information content (AvgIpc) is 2.72. The van der Waals surface area contributed by atoms with Crippen molar-refractivity contribution in [1.82, 2.24) is 8.61 Å². The molecule has 30 heavy (non-hydrogen) atoms. The monoisotopic (exact) mass is 457 g/mol. The fourth-order valence-electron chi connectivity index (χ4n) is 4.33. The van der Waals surface area contributed by atoms with Crippen molar-refractivity contribution in [3.05, 3.63) is 23.8 Å². The fourth-order valence-corrected chi connectivity index (χ4v) is 6.71. The zero-order valence-electron chi connectivity index (χ0n) is 17.9. The largest absolute Gasteiger partial charge is 0.312 e. The highest BCUT2D eigenvalue weighted by Crippen LogP contribution is 2.33. The Morgan fingerprint density at radius 2 is 1.70 bits per heavy atom. The van der Waals surface area contributed by atoms with Gasteiger partial charge in [0.15, 0.2) is 0 Å². The first-order chi connectivity index (χ1) is 14.1. The number of carbonyl (C=O) groups excluding carboxylic acids is 1. The first-order valence-corrected chi connectivity index (χ1v) is 13.8. The van der Waals surface area contributed by atoms with Crippen molar-refractivity contribution < 1.29 is 21.6 Å². The van der Waals surface area contributed by atoms with Crippen LogP contribution in [-0.4, -0.2) is 70.3 Å². The topological polar surface area (TPSA) is 95.1 Å². The summed E-state index contributed by atoms with van der Waals surface area (Å²) in [5, 5.41) is 0. The highest BCUT2D eigenvalue weighted by Gasteiger charge is 2.34. The number of nitrogens with zero attached hydrogens (tertiary/aromatic N) is 3. The molecule has 0 radical (unpaired) electrons. The Kier molecular flexibility index (Phi) is 6.91. The zero-order valence-corrected chi connectivity index (χ0v) is 19.5. The van der Waals surface area contributed by atoms with Crippen LogP contribution in [0.4, 0.5) is 5.69 Å². The number of piperidine rings is 1. The first kappa shape index (κ1) is 23.2. The highest BCUT2D eigenvalue weighted by molar-refractivity contribution is 7.89. The van der Waals surface area contributed by atoms with Gasteiger partial charge in [0, 0.05) is 44.3 Å². The lowest BCUT2D eigenvalue weighted by molar-refractivity contribution is -0.123. The van der Waals surface area contributed by atoms with Gasteiger partial charge in [-0.3, -0.25) is 4.79 Å². The average molecular weight is 458 g/mol. The van der Waals surface area contributed by atoms with E-state index in [1.54, 1.807) is 23.1 Å². The standard InChI is InChI=1S/C20H31N3O5S2/c1-4-21(5-2)30(27,28)18-8-9-19-17(15-18)7-6-12-23(19)20(24)16-10-13-22(14-11-16)29(3,25)26/h8-9,15-16H,4-7,10-14H2,1-3H3. The molecule has 0 aromatic heterocycles. The molecule has 0 aliphatic carbocycles. The van der Waals surface area contributed by atoms with Crippen LogP contribution in [0.25, 0.3) is 0 Å². The van der Waals surface area contributed by atoms with Crippen molar-refractivity contribution in [2.75, 3.05) is 43.9 Å². The van der Waals surface area contributed by atoms with Crippen LogP contribution in [0.5, 0.6) is 0 Å². The van der Waals surface area contributed by atoms with Crippen LogP contribution < -0.4 is 4.90 Å². The Balaban J connectivity index is 1.81. The van der Waals surface area contributed by atoms with Gasteiger partial charge in [-0.25, -0.2) is 21.1 Å². The molecule has 1 aromatic carbocycles. The van der Waals surface area contributed by atoms with Gasteiger partial charge in [-0.15, -0.1) is 0 Å². The SMILES string of the molecule is CCN(CC)S(=O)(=O)c1ccc2c(c1)CCCN2C(=O)C1CCN(S(C)(=O)=O)CC1. The normalized spacial score (nSPS) is 19.1. The molecule has 0 unspecified atom stereocenters. The summed E-state index contributed by atoms with van der Waals surface area (Å²) in [4.78, 5) is 15.2. The van der Waals surface area contributed by atoms with Crippen LogP contribution in [0.3, 0.4) is 0 Å². The predicted molar refractivity (Wildman–Crippen MR) is 116 cm³/mol. The second-order valence-corrected chi connectivity index (χ2v) is 11.8. The first-order valence-electron chi connectivity index (χ1n) is 10.5. The Morgan fingerprint density at radius 3 is 2.27 bits per heavy atom. The molecule has 1 fully saturated rings. The second-order valence-electron chi connectivity index (χ2n) is 7.91. The van der Waals surface area contributed by atoms with Gasteiger partial charge in [-0.05, 0) is 49.4 Å². The van der Waals surface area contributed by atoms with E-state index in [0.29, 0.717) is 45.6 Å². The molecule has 2 heterocycles. The summed E-state index contributed by atoms with van der Waals surface area (Å²) < 4.78 is 52.0. The van der Waals surface area contributed by atoms with Gasteiger partial charge in [0.05, 0.1) is 11.2 Å². The van der Waals surface area contributed by atoms with E-state index in [0.717, 1.165) is 24.1 Å². The van der Waals surface area contributed by atoms with Crippen LogP contribution in [0.1, 0.15) is 38.7 Å². The fraction of sp³-hybridized carbons (Fsp3) is 0.650. The zero-order chi connectivity index (χ0) is 22.1. The quantitative estimate of drug-likeness (QED) is 0.648. The third-order valence-electron chi connectivity index (χ3n) is 6.05. The van der Waals surface area contributed by atoms with Gasteiger partial charge in [-0.1, -0.05) is 13.8 Å². The van der Waals surface area contributed by atoms with Crippen LogP contribution in [-0.2, 0) is 31.3 Å². The predicted octanol–water partition coefficient (Wildman–Crippen LogP) is 1.67. The van der Waals surface area contributed by atoms with E-state index >= 15 is 0 Å². The van der Waals surface area contributed by atoms with E-state index in [2.05, 4.69) is 0 Å². The maximum Gasteiger partial charge on any atom is 0.243 e. The van der Waals surface area contributed by atoms with Gasteiger partial charge in [0.1, 0.15) is 0 Å². The minimum Gasteiger partial charge on any atom is -0.312 e. The van der Waals surface area contributed by atoms with E-state index in [1.165, 1.54) is 14.9 Å². The van der Waals surface area contributed by atoms with Gasteiger partial charge < -0.3 is 4.90 Å². The Bertz CT molecular complexity index is 995. The lowest BCUT2D eigenvalue weighted by Crippen LogP contribution is -2.45. The molecule has 1 amide bonds. The van der Waals surface area contributed by atoms with E-state index in [9.17, 15) is 21.6 Å². The van der Waals surface area contributed by atoms with Gasteiger partial charge in [-0.2, -0.15) is 4.31 Å². The number of hydrogen-bond acceptors (Lipinski definition) is 5. The minimum absolute atomic E-state index is 0.00320. The lowest BCUT2D eigenvalue weighted by atomic mass is 9.94. The van der Waals surface area contributed by atoms with Crippen LogP contribution in [0.2, 0.25) is 0 Å². The van der Waals surface area contributed by atoms with Crippen LogP contribution in [0, 0.1) is 5.92 Å². The summed E-state index contributed by atoms with van der Waals surface area (Å²) in [6, 6.07) is 5.04. The Labute approximate surface area is 179 Å². The minimum atomic E-state index is -3.55. The van der Waals surface area contributed by atoms with Gasteiger partial charge >= 0.3 is 0 Å². The molecule has 0 spiro atoms. The van der Waals surface area contributed by atoms with Crippen LogP contribution in [0.15, 0.2) is 23.1 Å². The van der Waals surface area contributed by atoms with Gasteiger partial charge in [0.25, 0.3) is 0 Å².